The maximum atomic E-state index is 13.0. The molecule has 0 aliphatic carbocycles. The van der Waals surface area contributed by atoms with Crippen LogP contribution in [0.15, 0.2) is 18.2 Å². The molecule has 15 heavy (non-hydrogen) atoms. The zero-order valence-corrected chi connectivity index (χ0v) is 9.30. The van der Waals surface area contributed by atoms with E-state index < -0.39 is 14.4 Å². The Morgan fingerprint density at radius 3 is 3.07 bits per heavy atom. The Bertz CT molecular complexity index is 399. The summed E-state index contributed by atoms with van der Waals surface area (Å²) in [7, 11) is -2.11. The van der Waals surface area contributed by atoms with Gasteiger partial charge in [-0.1, -0.05) is 11.6 Å². The molecule has 0 spiro atoms. The molecule has 1 fully saturated rings. The summed E-state index contributed by atoms with van der Waals surface area (Å²) in [6.07, 6.45) is 0.0649. The second kappa shape index (κ2) is 4.54. The van der Waals surface area contributed by atoms with E-state index >= 15 is 0 Å². The summed E-state index contributed by atoms with van der Waals surface area (Å²) >= 11 is 5.89. The van der Waals surface area contributed by atoms with E-state index in [1.807, 2.05) is 0 Å². The normalized spacial score (nSPS) is 24.1. The average molecular weight is 250 g/mol. The van der Waals surface area contributed by atoms with Crippen LogP contribution in [0, 0.1) is 5.82 Å². The smallest absolute Gasteiger partial charge is 0.207 e. The van der Waals surface area contributed by atoms with E-state index in [1.54, 1.807) is 0 Å². The minimum atomic E-state index is -2.11. The molecule has 0 amide bonds. The molecule has 3 nitrogen and oxygen atoms in total. The number of benzene rings is 1. The lowest BCUT2D eigenvalue weighted by Crippen LogP contribution is -2.10. The van der Waals surface area contributed by atoms with Crippen LogP contribution in [0.3, 0.4) is 0 Å². The maximum Gasteiger partial charge on any atom is 0.698 e. The van der Waals surface area contributed by atoms with E-state index in [1.165, 1.54) is 18.2 Å². The second-order valence-electron chi connectivity index (χ2n) is 3.11. The summed E-state index contributed by atoms with van der Waals surface area (Å²) in [5, 5.41) is 0.409. The van der Waals surface area contributed by atoms with Gasteiger partial charge in [0, 0.05) is 21.6 Å². The summed E-state index contributed by atoms with van der Waals surface area (Å²) in [6, 6.07) is 4.02. The molecule has 0 saturated carbocycles. The third-order valence-electron chi connectivity index (χ3n) is 2.09. The minimum absolute atomic E-state index is 0.326. The highest BCUT2D eigenvalue weighted by Crippen LogP contribution is 2.41. The summed E-state index contributed by atoms with van der Waals surface area (Å²) in [5.41, 5.74) is 0.517. The number of halogens is 2. The highest BCUT2D eigenvalue weighted by Gasteiger charge is 2.35. The van der Waals surface area contributed by atoms with Gasteiger partial charge in [-0.3, -0.25) is 0 Å². The quantitative estimate of drug-likeness (QED) is 0.713. The predicted molar refractivity (Wildman–Crippen MR) is 53.4 cm³/mol. The Balaban J connectivity index is 2.27. The highest BCUT2D eigenvalue weighted by atomic mass is 35.5. The van der Waals surface area contributed by atoms with Gasteiger partial charge in [-0.15, -0.1) is 9.05 Å². The van der Waals surface area contributed by atoms with Crippen LogP contribution in [-0.4, -0.2) is 6.61 Å². The molecule has 0 bridgehead atoms. The molecule has 0 aromatic heterocycles. The highest BCUT2D eigenvalue weighted by molar-refractivity contribution is 7.33. The Morgan fingerprint density at radius 1 is 1.53 bits per heavy atom. The Hall–Kier alpha value is -0.540. The van der Waals surface area contributed by atoms with E-state index in [2.05, 4.69) is 0 Å². The molecule has 1 aliphatic heterocycles. The Labute approximate surface area is 92.1 Å². The number of rotatable bonds is 1. The number of hydrogen-bond donors (Lipinski definition) is 0. The second-order valence-corrected chi connectivity index (χ2v) is 4.43. The van der Waals surface area contributed by atoms with Gasteiger partial charge in [0.15, 0.2) is 0 Å². The molecule has 1 heterocycles. The fourth-order valence-corrected chi connectivity index (χ4v) is 2.38. The van der Waals surface area contributed by atoms with Crippen molar-refractivity contribution in [1.29, 1.82) is 0 Å². The molecule has 1 saturated heterocycles. The lowest BCUT2D eigenvalue weighted by molar-refractivity contribution is 0.0967. The molecule has 2 rings (SSSR count). The molecule has 0 N–H and O–H groups in total. The molecule has 0 radical (unpaired) electrons. The maximum absolute atomic E-state index is 13.0. The van der Waals surface area contributed by atoms with Gasteiger partial charge >= 0.3 is 8.25 Å². The van der Waals surface area contributed by atoms with Crippen LogP contribution in [0.25, 0.3) is 0 Å². The molecular weight excluding hydrogens is 242 g/mol. The fraction of sp³-hybridized carbons (Fsp3) is 0.333. The van der Waals surface area contributed by atoms with Gasteiger partial charge in [-0.05, 0) is 18.2 Å². The van der Waals surface area contributed by atoms with Crippen molar-refractivity contribution >= 4 is 19.9 Å². The van der Waals surface area contributed by atoms with Gasteiger partial charge in [-0.25, -0.2) is 4.39 Å². The lowest BCUT2D eigenvalue weighted by atomic mass is 10.1. The van der Waals surface area contributed by atoms with E-state index in [-0.39, 0.29) is 5.82 Å². The zero-order valence-electron chi connectivity index (χ0n) is 7.65. The average Bonchev–Trinajstić information content (AvgIpc) is 2.22. The van der Waals surface area contributed by atoms with Crippen molar-refractivity contribution in [3.63, 3.8) is 0 Å². The standard InChI is InChI=1S/C9H8ClFO3P/c10-8-2-1-6(11)5-7(8)9-3-4-13-15(12)14-9/h1-2,5,9H,3-4H2/q+1/t9-/m1/s1. The van der Waals surface area contributed by atoms with Crippen LogP contribution in [0.1, 0.15) is 18.1 Å². The summed E-state index contributed by atoms with van der Waals surface area (Å²) < 4.78 is 33.8. The van der Waals surface area contributed by atoms with Crippen molar-refractivity contribution in [3.8, 4) is 0 Å². The van der Waals surface area contributed by atoms with Crippen molar-refractivity contribution < 1.29 is 18.0 Å². The molecule has 80 valence electrons. The summed E-state index contributed by atoms with van der Waals surface area (Å²) in [4.78, 5) is 0. The molecular formula is C9H8ClFO3P+. The van der Waals surface area contributed by atoms with E-state index in [0.717, 1.165) is 0 Å². The summed E-state index contributed by atoms with van der Waals surface area (Å²) in [5.74, 6) is -0.389. The molecule has 2 atom stereocenters. The largest absolute Gasteiger partial charge is 0.698 e. The molecule has 1 aliphatic rings. The van der Waals surface area contributed by atoms with Crippen LogP contribution in [0.2, 0.25) is 5.02 Å². The van der Waals surface area contributed by atoms with Crippen LogP contribution in [0.5, 0.6) is 0 Å². The van der Waals surface area contributed by atoms with Crippen LogP contribution < -0.4 is 0 Å². The van der Waals surface area contributed by atoms with Gasteiger partial charge < -0.3 is 0 Å². The third kappa shape index (κ3) is 2.52. The molecule has 6 heteroatoms. The van der Waals surface area contributed by atoms with Crippen LogP contribution in [0.4, 0.5) is 4.39 Å². The van der Waals surface area contributed by atoms with Gasteiger partial charge in [0.05, 0.1) is 0 Å². The Kier molecular flexibility index (Phi) is 3.32. The Morgan fingerprint density at radius 2 is 2.33 bits per heavy atom. The minimum Gasteiger partial charge on any atom is -0.207 e. The number of hydrogen-bond acceptors (Lipinski definition) is 3. The fourth-order valence-electron chi connectivity index (χ4n) is 1.39. The first-order chi connectivity index (χ1) is 7.16. The first-order valence-corrected chi connectivity index (χ1v) is 5.86. The molecule has 1 aromatic rings. The predicted octanol–water partition coefficient (Wildman–Crippen LogP) is 3.61. The van der Waals surface area contributed by atoms with Crippen molar-refractivity contribution in [3.05, 3.63) is 34.6 Å². The van der Waals surface area contributed by atoms with Gasteiger partial charge in [0.25, 0.3) is 0 Å². The molecule has 1 aromatic carbocycles. The van der Waals surface area contributed by atoms with Gasteiger partial charge in [-0.2, -0.15) is 0 Å². The van der Waals surface area contributed by atoms with Crippen LogP contribution >= 0.6 is 19.9 Å². The van der Waals surface area contributed by atoms with Crippen molar-refractivity contribution in [2.75, 3.05) is 6.61 Å². The van der Waals surface area contributed by atoms with Crippen LogP contribution in [-0.2, 0) is 13.6 Å². The lowest BCUT2D eigenvalue weighted by Gasteiger charge is -2.14. The van der Waals surface area contributed by atoms with Gasteiger partial charge in [0.1, 0.15) is 18.5 Å². The summed E-state index contributed by atoms with van der Waals surface area (Å²) in [6.45, 7) is 0.326. The first kappa shape index (κ1) is 11.0. The van der Waals surface area contributed by atoms with E-state index in [9.17, 15) is 8.96 Å². The van der Waals surface area contributed by atoms with Crippen molar-refractivity contribution in [1.82, 2.24) is 0 Å². The third-order valence-corrected chi connectivity index (χ3v) is 3.26. The van der Waals surface area contributed by atoms with Gasteiger partial charge in [0.2, 0.25) is 0 Å². The van der Waals surface area contributed by atoms with Crippen molar-refractivity contribution in [2.45, 2.75) is 12.5 Å². The molecule has 1 unspecified atom stereocenters. The topological polar surface area (TPSA) is 35.5 Å². The van der Waals surface area contributed by atoms with E-state index in [4.69, 9.17) is 20.6 Å². The van der Waals surface area contributed by atoms with E-state index in [0.29, 0.717) is 23.6 Å². The SMILES string of the molecule is O=[P+]1OCC[C@H](c2cc(F)ccc2Cl)O1. The zero-order chi connectivity index (χ0) is 10.8. The van der Waals surface area contributed by atoms with Crippen molar-refractivity contribution in [2.24, 2.45) is 0 Å². The first-order valence-electron chi connectivity index (χ1n) is 4.39. The monoisotopic (exact) mass is 249 g/mol.